The van der Waals surface area contributed by atoms with Crippen LogP contribution in [0.25, 0.3) is 11.0 Å². The molecule has 0 saturated carbocycles. The third-order valence-electron chi connectivity index (χ3n) is 9.14. The van der Waals surface area contributed by atoms with Crippen LogP contribution >= 0.6 is 11.6 Å². The van der Waals surface area contributed by atoms with Crippen LogP contribution in [0.5, 0.6) is 11.5 Å². The van der Waals surface area contributed by atoms with Gasteiger partial charge >= 0.3 is 0 Å². The summed E-state index contributed by atoms with van der Waals surface area (Å²) in [5.74, 6) is 0.745. The van der Waals surface area contributed by atoms with Crippen molar-refractivity contribution < 1.29 is 27.0 Å². The number of nitrogens with zero attached hydrogens (tertiary/aromatic N) is 3. The Hall–Kier alpha value is -3.18. The quantitative estimate of drug-likeness (QED) is 0.220. The van der Waals surface area contributed by atoms with Gasteiger partial charge in [-0.2, -0.15) is 0 Å². The molecule has 2 fully saturated rings. The molecule has 2 unspecified atom stereocenters. The minimum atomic E-state index is -3.33. The van der Waals surface area contributed by atoms with Gasteiger partial charge in [0.15, 0.2) is 21.3 Å². The fraction of sp³-hybridized carbons (Fsp3) is 0.424. The van der Waals surface area contributed by atoms with E-state index in [9.17, 15) is 12.8 Å². The lowest BCUT2D eigenvalue weighted by atomic mass is 9.88. The first-order chi connectivity index (χ1) is 21.1. The third kappa shape index (κ3) is 5.36. The van der Waals surface area contributed by atoms with Crippen molar-refractivity contribution in [1.29, 1.82) is 0 Å². The van der Waals surface area contributed by atoms with E-state index >= 15 is 0 Å². The highest BCUT2D eigenvalue weighted by Gasteiger charge is 2.43. The molecule has 0 spiro atoms. The molecule has 8 nitrogen and oxygen atoms in total. The lowest BCUT2D eigenvalue weighted by molar-refractivity contribution is -0.0712. The van der Waals surface area contributed by atoms with Gasteiger partial charge in [-0.3, -0.25) is 4.90 Å². The molecule has 2 atom stereocenters. The second kappa shape index (κ2) is 11.3. The predicted octanol–water partition coefficient (Wildman–Crippen LogP) is 6.44. The van der Waals surface area contributed by atoms with Crippen LogP contribution in [-0.2, 0) is 33.5 Å². The molecule has 3 aliphatic rings. The lowest BCUT2D eigenvalue weighted by Crippen LogP contribution is -2.35. The molecule has 0 radical (unpaired) electrons. The van der Waals surface area contributed by atoms with Gasteiger partial charge in [0, 0.05) is 24.1 Å². The van der Waals surface area contributed by atoms with Crippen LogP contribution in [0.1, 0.15) is 56.0 Å². The van der Waals surface area contributed by atoms with Crippen LogP contribution in [0.3, 0.4) is 0 Å². The number of hydrogen-bond acceptors (Lipinski definition) is 7. The Bertz CT molecular complexity index is 1830. The number of piperidine rings is 1. The van der Waals surface area contributed by atoms with Gasteiger partial charge < -0.3 is 18.8 Å². The van der Waals surface area contributed by atoms with Gasteiger partial charge in [0.2, 0.25) is 0 Å². The van der Waals surface area contributed by atoms with Gasteiger partial charge in [-0.05, 0) is 80.7 Å². The normalized spacial score (nSPS) is 22.4. The molecule has 3 aliphatic heterocycles. The minimum absolute atomic E-state index is 0.0516. The van der Waals surface area contributed by atoms with Gasteiger partial charge in [0.05, 0.1) is 46.4 Å². The maximum atomic E-state index is 14.8. The number of aromatic nitrogens is 2. The molecule has 4 heterocycles. The van der Waals surface area contributed by atoms with Crippen LogP contribution in [0.2, 0.25) is 5.02 Å². The number of fused-ring (bicyclic) bond motifs is 2. The highest BCUT2D eigenvalue weighted by Crippen LogP contribution is 2.50. The van der Waals surface area contributed by atoms with E-state index in [0.29, 0.717) is 45.6 Å². The van der Waals surface area contributed by atoms with Gasteiger partial charge in [-0.1, -0.05) is 30.7 Å². The number of ether oxygens (including phenoxy) is 3. The number of hydrogen-bond donors (Lipinski definition) is 0. The summed E-state index contributed by atoms with van der Waals surface area (Å²) >= 11 is 5.98. The van der Waals surface area contributed by atoms with Crippen molar-refractivity contribution in [2.24, 2.45) is 0 Å². The van der Waals surface area contributed by atoms with Crippen molar-refractivity contribution >= 4 is 32.5 Å². The molecule has 44 heavy (non-hydrogen) atoms. The maximum Gasteiger partial charge on any atom is 0.278 e. The molecule has 1 aromatic heterocycles. The highest BCUT2D eigenvalue weighted by molar-refractivity contribution is 7.91. The molecule has 0 bridgehead atoms. The van der Waals surface area contributed by atoms with E-state index in [1.54, 1.807) is 38.1 Å². The summed E-state index contributed by atoms with van der Waals surface area (Å²) in [5.41, 5.74) is 2.99. The number of likely N-dealkylation sites (tertiary alicyclic amines) is 1. The Labute approximate surface area is 261 Å². The molecule has 0 N–H and O–H groups in total. The standard InChI is InChI=1S/C33H35ClFN3O5S/c1-3-44(39,40)24-8-10-29-28(18-24)36-31(38(29)19-23-13-16-41-23)20-37-14-11-21(12-15-37)25-5-4-6-30-32(25)43-33(2,42-30)26-9-7-22(34)17-27(26)35/h4-10,17-18,21,23H,3,11-16,19-20H2,1-2H3. The van der Waals surface area contributed by atoms with Crippen LogP contribution in [0.15, 0.2) is 59.5 Å². The number of para-hydroxylation sites is 1. The van der Waals surface area contributed by atoms with E-state index in [2.05, 4.69) is 15.5 Å². The highest BCUT2D eigenvalue weighted by atomic mass is 35.5. The summed E-state index contributed by atoms with van der Waals surface area (Å²) in [6.45, 7) is 7.22. The predicted molar refractivity (Wildman–Crippen MR) is 166 cm³/mol. The Morgan fingerprint density at radius 3 is 2.57 bits per heavy atom. The van der Waals surface area contributed by atoms with Crippen molar-refractivity contribution in [3.8, 4) is 11.5 Å². The molecule has 7 rings (SSSR count). The van der Waals surface area contributed by atoms with Crippen molar-refractivity contribution in [1.82, 2.24) is 14.5 Å². The summed E-state index contributed by atoms with van der Waals surface area (Å²) in [5, 5.41) is 0.318. The molecule has 232 valence electrons. The zero-order chi connectivity index (χ0) is 30.6. The number of halogens is 2. The van der Waals surface area contributed by atoms with E-state index in [-0.39, 0.29) is 17.8 Å². The van der Waals surface area contributed by atoms with Crippen LogP contribution in [0.4, 0.5) is 4.39 Å². The van der Waals surface area contributed by atoms with E-state index < -0.39 is 21.4 Å². The summed E-state index contributed by atoms with van der Waals surface area (Å²) < 4.78 is 60.4. The number of rotatable bonds is 8. The average Bonchev–Trinajstić information content (AvgIpc) is 3.51. The van der Waals surface area contributed by atoms with Crippen molar-refractivity contribution in [2.45, 2.75) is 68.9 Å². The first kappa shape index (κ1) is 29.5. The Morgan fingerprint density at radius 2 is 1.86 bits per heavy atom. The first-order valence-corrected chi connectivity index (χ1v) is 17.2. The zero-order valence-electron chi connectivity index (χ0n) is 24.8. The summed E-state index contributed by atoms with van der Waals surface area (Å²) in [6.07, 6.45) is 2.97. The Balaban J connectivity index is 1.09. The Kier molecular flexibility index (Phi) is 7.59. The molecule has 4 aromatic rings. The minimum Gasteiger partial charge on any atom is -0.444 e. The van der Waals surface area contributed by atoms with E-state index in [1.165, 1.54) is 6.07 Å². The topological polar surface area (TPSA) is 82.9 Å². The Morgan fingerprint density at radius 1 is 1.07 bits per heavy atom. The lowest BCUT2D eigenvalue weighted by Gasteiger charge is -2.33. The number of imidazole rings is 1. The summed E-state index contributed by atoms with van der Waals surface area (Å²) in [6, 6.07) is 15.7. The summed E-state index contributed by atoms with van der Waals surface area (Å²) in [7, 11) is -3.33. The van der Waals surface area contributed by atoms with Gasteiger partial charge in [0.1, 0.15) is 11.6 Å². The van der Waals surface area contributed by atoms with Crippen molar-refractivity contribution in [3.63, 3.8) is 0 Å². The molecular formula is C33H35ClFN3O5S. The monoisotopic (exact) mass is 639 g/mol. The van der Waals surface area contributed by atoms with Gasteiger partial charge in [-0.15, -0.1) is 0 Å². The zero-order valence-corrected chi connectivity index (χ0v) is 26.3. The second-order valence-corrected chi connectivity index (χ2v) is 14.7. The first-order valence-electron chi connectivity index (χ1n) is 15.2. The number of sulfone groups is 1. The average molecular weight is 640 g/mol. The molecule has 3 aromatic carbocycles. The fourth-order valence-corrected chi connectivity index (χ4v) is 7.57. The molecule has 2 saturated heterocycles. The van der Waals surface area contributed by atoms with Gasteiger partial charge in [0.25, 0.3) is 5.79 Å². The fourth-order valence-electron chi connectivity index (χ4n) is 6.52. The van der Waals surface area contributed by atoms with Crippen molar-refractivity contribution in [2.75, 3.05) is 25.4 Å². The molecule has 11 heteroatoms. The largest absolute Gasteiger partial charge is 0.444 e. The van der Waals surface area contributed by atoms with Crippen LogP contribution in [0, 0.1) is 5.82 Å². The van der Waals surface area contributed by atoms with E-state index in [0.717, 1.165) is 55.9 Å². The van der Waals surface area contributed by atoms with Crippen molar-refractivity contribution in [3.05, 3.63) is 82.4 Å². The second-order valence-electron chi connectivity index (χ2n) is 12.0. The molecule has 0 amide bonds. The smallest absolute Gasteiger partial charge is 0.278 e. The van der Waals surface area contributed by atoms with Gasteiger partial charge in [-0.25, -0.2) is 17.8 Å². The SMILES string of the molecule is CCS(=O)(=O)c1ccc2c(c1)nc(CN1CCC(c3cccc4c3OC(C)(c3ccc(Cl)cc3F)O4)CC1)n2CC1CCO1. The van der Waals surface area contributed by atoms with E-state index in [4.69, 9.17) is 30.8 Å². The van der Waals surface area contributed by atoms with Crippen LogP contribution in [-0.4, -0.2) is 54.4 Å². The third-order valence-corrected chi connectivity index (χ3v) is 11.1. The molecular weight excluding hydrogens is 605 g/mol. The maximum absolute atomic E-state index is 14.8. The van der Waals surface area contributed by atoms with E-state index in [1.807, 2.05) is 18.2 Å². The number of benzene rings is 3. The molecule has 0 aliphatic carbocycles. The van der Waals surface area contributed by atoms with Crippen LogP contribution < -0.4 is 9.47 Å². The summed E-state index contributed by atoms with van der Waals surface area (Å²) in [4.78, 5) is 7.64.